The van der Waals surface area contributed by atoms with Gasteiger partial charge in [-0.3, -0.25) is 9.59 Å². The Bertz CT molecular complexity index is 1450. The largest absolute Gasteiger partial charge is 0.507 e. The van der Waals surface area contributed by atoms with Crippen molar-refractivity contribution in [2.45, 2.75) is 19.0 Å². The van der Waals surface area contributed by atoms with E-state index in [1.165, 1.54) is 4.90 Å². The Morgan fingerprint density at radius 2 is 1.68 bits per heavy atom. The van der Waals surface area contributed by atoms with E-state index < -0.39 is 17.7 Å². The number of carbonyl (C=O) groups excluding carboxylic acids is 2. The molecule has 0 bridgehead atoms. The van der Waals surface area contributed by atoms with Crippen LogP contribution in [0.1, 0.15) is 23.6 Å². The summed E-state index contributed by atoms with van der Waals surface area (Å²) in [6.45, 7) is 0.946. The molecule has 8 nitrogen and oxygen atoms in total. The quantitative estimate of drug-likeness (QED) is 0.189. The van der Waals surface area contributed by atoms with Crippen LogP contribution in [0.5, 0.6) is 17.2 Å². The average molecular weight is 510 g/mol. The van der Waals surface area contributed by atoms with Gasteiger partial charge in [0, 0.05) is 31.0 Å². The van der Waals surface area contributed by atoms with Gasteiger partial charge in [0.05, 0.1) is 25.1 Å². The van der Waals surface area contributed by atoms with Crippen LogP contribution in [0.15, 0.2) is 103 Å². The van der Waals surface area contributed by atoms with Crippen LogP contribution >= 0.6 is 0 Å². The Balaban J connectivity index is 1.53. The lowest BCUT2D eigenvalue weighted by atomic mass is 9.95. The lowest BCUT2D eigenvalue weighted by Crippen LogP contribution is -2.31. The van der Waals surface area contributed by atoms with Crippen molar-refractivity contribution in [3.05, 3.63) is 114 Å². The number of aliphatic hydroxyl groups excluding tert-OH is 1. The first-order chi connectivity index (χ1) is 18.5. The second-order valence-corrected chi connectivity index (χ2v) is 8.86. The Labute approximate surface area is 220 Å². The van der Waals surface area contributed by atoms with Gasteiger partial charge in [-0.25, -0.2) is 4.98 Å². The summed E-state index contributed by atoms with van der Waals surface area (Å²) >= 11 is 0. The van der Waals surface area contributed by atoms with Crippen LogP contribution in [0.3, 0.4) is 0 Å². The number of para-hydroxylation sites is 1. The smallest absolute Gasteiger partial charge is 0.295 e. The molecule has 192 valence electrons. The number of aliphatic hydroxyl groups is 1. The number of hydrogen-bond donors (Lipinski definition) is 1. The molecule has 1 N–H and O–H groups in total. The maximum atomic E-state index is 13.3. The number of amides is 1. The molecule has 1 saturated heterocycles. The van der Waals surface area contributed by atoms with Crippen LogP contribution in [0, 0.1) is 0 Å². The summed E-state index contributed by atoms with van der Waals surface area (Å²) in [5.41, 5.74) is 1.12. The SMILES string of the molecule is COc1ccc(C(O)=C2C(=O)C(=O)N(CCCn3ccnc3)[C@H]2c2cccc(Oc3ccccc3)c2)cc1. The molecule has 0 unspecified atom stereocenters. The number of methoxy groups -OCH3 is 1. The second-order valence-electron chi connectivity index (χ2n) is 8.86. The minimum Gasteiger partial charge on any atom is -0.507 e. The van der Waals surface area contributed by atoms with E-state index in [0.717, 1.165) is 0 Å². The van der Waals surface area contributed by atoms with Crippen molar-refractivity contribution in [1.29, 1.82) is 0 Å². The maximum absolute atomic E-state index is 13.3. The molecule has 1 aromatic heterocycles. The molecule has 1 fully saturated rings. The molecule has 38 heavy (non-hydrogen) atoms. The van der Waals surface area contributed by atoms with E-state index in [-0.39, 0.29) is 11.3 Å². The summed E-state index contributed by atoms with van der Waals surface area (Å²) in [4.78, 5) is 32.2. The van der Waals surface area contributed by atoms with Gasteiger partial charge in [0.2, 0.25) is 0 Å². The third kappa shape index (κ3) is 5.15. The van der Waals surface area contributed by atoms with E-state index in [1.807, 2.05) is 59.3 Å². The highest BCUT2D eigenvalue weighted by Gasteiger charge is 2.45. The van der Waals surface area contributed by atoms with Gasteiger partial charge in [0.25, 0.3) is 11.7 Å². The molecule has 5 rings (SSSR count). The van der Waals surface area contributed by atoms with Crippen molar-refractivity contribution in [3.63, 3.8) is 0 Å². The van der Waals surface area contributed by atoms with Crippen LogP contribution in [0.25, 0.3) is 5.76 Å². The monoisotopic (exact) mass is 509 g/mol. The van der Waals surface area contributed by atoms with Gasteiger partial charge in [-0.2, -0.15) is 0 Å². The number of hydrogen-bond acceptors (Lipinski definition) is 6. The van der Waals surface area contributed by atoms with E-state index in [2.05, 4.69) is 4.98 Å². The minimum atomic E-state index is -0.779. The lowest BCUT2D eigenvalue weighted by Gasteiger charge is -2.26. The fraction of sp³-hybridized carbons (Fsp3) is 0.167. The Morgan fingerprint density at radius 1 is 0.921 bits per heavy atom. The molecule has 1 atom stereocenters. The molecule has 1 aliphatic rings. The first-order valence-electron chi connectivity index (χ1n) is 12.3. The first kappa shape index (κ1) is 24.8. The van der Waals surface area contributed by atoms with Gasteiger partial charge in [-0.1, -0.05) is 30.3 Å². The zero-order valence-corrected chi connectivity index (χ0v) is 20.9. The van der Waals surface area contributed by atoms with Crippen LogP contribution in [0.2, 0.25) is 0 Å². The number of aryl methyl sites for hydroxylation is 1. The zero-order valence-electron chi connectivity index (χ0n) is 20.9. The summed E-state index contributed by atoms with van der Waals surface area (Å²) in [7, 11) is 1.55. The van der Waals surface area contributed by atoms with Gasteiger partial charge in [0.1, 0.15) is 23.0 Å². The van der Waals surface area contributed by atoms with E-state index in [0.29, 0.717) is 47.9 Å². The second kappa shape index (κ2) is 11.0. The van der Waals surface area contributed by atoms with Crippen molar-refractivity contribution < 1.29 is 24.2 Å². The third-order valence-corrected chi connectivity index (χ3v) is 6.43. The normalized spacial score (nSPS) is 16.6. The topological polar surface area (TPSA) is 93.9 Å². The highest BCUT2D eigenvalue weighted by molar-refractivity contribution is 6.46. The predicted molar refractivity (Wildman–Crippen MR) is 142 cm³/mol. The molecule has 1 amide bonds. The van der Waals surface area contributed by atoms with Crippen molar-refractivity contribution in [2.24, 2.45) is 0 Å². The van der Waals surface area contributed by atoms with Crippen LogP contribution in [0.4, 0.5) is 0 Å². The van der Waals surface area contributed by atoms with Gasteiger partial charge in [0.15, 0.2) is 0 Å². The van der Waals surface area contributed by atoms with Gasteiger partial charge in [-0.05, 0) is 60.5 Å². The third-order valence-electron chi connectivity index (χ3n) is 6.43. The van der Waals surface area contributed by atoms with Crippen LogP contribution in [-0.2, 0) is 16.1 Å². The number of aromatic nitrogens is 2. The zero-order chi connectivity index (χ0) is 26.5. The Morgan fingerprint density at radius 3 is 2.39 bits per heavy atom. The summed E-state index contributed by atoms with van der Waals surface area (Å²) in [6.07, 6.45) is 5.85. The van der Waals surface area contributed by atoms with Crippen LogP contribution in [-0.4, -0.2) is 44.9 Å². The number of likely N-dealkylation sites (tertiary alicyclic amines) is 1. The number of ether oxygens (including phenoxy) is 2. The molecule has 0 radical (unpaired) electrons. The standard InChI is InChI=1S/C30H27N3O5/c1-37-23-13-11-21(12-14-23)28(34)26-27(22-7-5-10-25(19-22)38-24-8-3-2-4-9-24)33(30(36)29(26)35)17-6-16-32-18-15-31-20-32/h2-5,7-15,18-20,27,34H,6,16-17H2,1H3/t27-/m0/s1. The first-order valence-corrected chi connectivity index (χ1v) is 12.3. The number of benzene rings is 3. The van der Waals surface area contributed by atoms with E-state index in [1.54, 1.807) is 50.0 Å². The van der Waals surface area contributed by atoms with Crippen molar-refractivity contribution in [1.82, 2.24) is 14.5 Å². The number of imidazole rings is 1. The number of ketones is 1. The fourth-order valence-electron chi connectivity index (χ4n) is 4.58. The van der Waals surface area contributed by atoms with Gasteiger partial charge < -0.3 is 24.0 Å². The Kier molecular flexibility index (Phi) is 7.21. The fourth-order valence-corrected chi connectivity index (χ4v) is 4.58. The van der Waals surface area contributed by atoms with Crippen LogP contribution < -0.4 is 9.47 Å². The number of carbonyl (C=O) groups is 2. The maximum Gasteiger partial charge on any atom is 0.295 e. The van der Waals surface area contributed by atoms with E-state index in [9.17, 15) is 14.7 Å². The number of rotatable bonds is 9. The average Bonchev–Trinajstić information content (AvgIpc) is 3.56. The van der Waals surface area contributed by atoms with Gasteiger partial charge in [-0.15, -0.1) is 0 Å². The predicted octanol–water partition coefficient (Wildman–Crippen LogP) is 5.20. The Hall–Kier alpha value is -4.85. The molecule has 8 heteroatoms. The molecule has 0 spiro atoms. The number of Topliss-reactive ketones (excluding diaryl/α,β-unsaturated/α-hetero) is 1. The molecule has 0 aliphatic carbocycles. The molecule has 4 aromatic rings. The minimum absolute atomic E-state index is 0.0414. The summed E-state index contributed by atoms with van der Waals surface area (Å²) in [5, 5.41) is 11.3. The van der Waals surface area contributed by atoms with E-state index in [4.69, 9.17) is 9.47 Å². The molecular formula is C30H27N3O5. The number of nitrogens with zero attached hydrogens (tertiary/aromatic N) is 3. The van der Waals surface area contributed by atoms with Crippen molar-refractivity contribution in [3.8, 4) is 17.2 Å². The van der Waals surface area contributed by atoms with Gasteiger partial charge >= 0.3 is 0 Å². The lowest BCUT2D eigenvalue weighted by molar-refractivity contribution is -0.139. The molecule has 2 heterocycles. The van der Waals surface area contributed by atoms with Crippen molar-refractivity contribution >= 4 is 17.4 Å². The molecule has 1 aliphatic heterocycles. The highest BCUT2D eigenvalue weighted by atomic mass is 16.5. The summed E-state index contributed by atoms with van der Waals surface area (Å²) < 4.78 is 13.1. The highest BCUT2D eigenvalue weighted by Crippen LogP contribution is 2.41. The molecule has 3 aromatic carbocycles. The summed E-state index contributed by atoms with van der Waals surface area (Å²) in [6, 6.07) is 22.5. The molecular weight excluding hydrogens is 482 g/mol. The van der Waals surface area contributed by atoms with E-state index >= 15 is 0 Å². The summed E-state index contributed by atoms with van der Waals surface area (Å²) in [5.74, 6) is 0.233. The molecule has 0 saturated carbocycles. The van der Waals surface area contributed by atoms with Crippen molar-refractivity contribution in [2.75, 3.05) is 13.7 Å².